The van der Waals surface area contributed by atoms with Gasteiger partial charge in [0.05, 0.1) is 23.7 Å². The third kappa shape index (κ3) is 3.63. The maximum absolute atomic E-state index is 14.9. The Kier molecular flexibility index (Phi) is 5.72. The van der Waals surface area contributed by atoms with Gasteiger partial charge in [0.15, 0.2) is 0 Å². The fraction of sp³-hybridized carbons (Fsp3) is 0.120. The number of aliphatic hydroxyl groups is 1. The molecule has 1 aliphatic rings. The largest absolute Gasteiger partial charge is 0.507 e. The fourth-order valence-corrected chi connectivity index (χ4v) is 4.02. The van der Waals surface area contributed by atoms with Crippen LogP contribution in [0.3, 0.4) is 0 Å². The molecule has 1 fully saturated rings. The van der Waals surface area contributed by atoms with Crippen molar-refractivity contribution in [3.05, 3.63) is 99.8 Å². The van der Waals surface area contributed by atoms with Gasteiger partial charge in [-0.2, -0.15) is 0 Å². The Morgan fingerprint density at radius 2 is 1.75 bits per heavy atom. The van der Waals surface area contributed by atoms with Gasteiger partial charge in [0.25, 0.3) is 11.7 Å². The van der Waals surface area contributed by atoms with Crippen molar-refractivity contribution in [2.24, 2.45) is 0 Å². The molecule has 3 aromatic carbocycles. The monoisotopic (exact) mass is 451 g/mol. The van der Waals surface area contributed by atoms with E-state index in [4.69, 9.17) is 16.3 Å². The highest BCUT2D eigenvalue weighted by molar-refractivity contribution is 6.51. The van der Waals surface area contributed by atoms with Crippen molar-refractivity contribution in [3.8, 4) is 5.75 Å². The minimum Gasteiger partial charge on any atom is -0.507 e. The van der Waals surface area contributed by atoms with Crippen LogP contribution in [0, 0.1) is 12.7 Å². The molecule has 0 aromatic heterocycles. The smallest absolute Gasteiger partial charge is 0.300 e. The second kappa shape index (κ2) is 8.48. The Balaban J connectivity index is 1.96. The van der Waals surface area contributed by atoms with Gasteiger partial charge in [-0.1, -0.05) is 47.5 Å². The van der Waals surface area contributed by atoms with Crippen LogP contribution >= 0.6 is 11.6 Å². The number of aryl methyl sites for hydroxylation is 1. The summed E-state index contributed by atoms with van der Waals surface area (Å²) in [6.45, 7) is 1.89. The summed E-state index contributed by atoms with van der Waals surface area (Å²) in [6.07, 6.45) is 0. The van der Waals surface area contributed by atoms with E-state index in [2.05, 4.69) is 0 Å². The average molecular weight is 452 g/mol. The first-order chi connectivity index (χ1) is 15.3. The van der Waals surface area contributed by atoms with Crippen LogP contribution in [0.25, 0.3) is 5.76 Å². The molecule has 5 nitrogen and oxygen atoms in total. The maximum Gasteiger partial charge on any atom is 0.300 e. The van der Waals surface area contributed by atoms with Crippen molar-refractivity contribution >= 4 is 34.7 Å². The van der Waals surface area contributed by atoms with Crippen LogP contribution in [0.15, 0.2) is 72.3 Å². The number of hydrogen-bond donors (Lipinski definition) is 1. The highest BCUT2D eigenvalue weighted by Gasteiger charge is 2.47. The first kappa shape index (κ1) is 21.6. The molecule has 3 aromatic rings. The zero-order valence-corrected chi connectivity index (χ0v) is 18.1. The number of carbonyl (C=O) groups excluding carboxylic acids is 2. The second-order valence-electron chi connectivity index (χ2n) is 7.38. The van der Waals surface area contributed by atoms with E-state index in [0.29, 0.717) is 11.4 Å². The molecule has 0 spiro atoms. The SMILES string of the molecule is COc1ccc(/C(O)=C2\C(=O)C(=O)N(c3ccc(C)cc3)C2c2ccccc2F)cc1Cl. The molecule has 0 saturated carbocycles. The number of aliphatic hydroxyl groups excluding tert-OH is 1. The number of rotatable bonds is 4. The van der Waals surface area contributed by atoms with Crippen LogP contribution in [0.1, 0.15) is 22.7 Å². The van der Waals surface area contributed by atoms with Gasteiger partial charge in [0.2, 0.25) is 0 Å². The van der Waals surface area contributed by atoms with Crippen molar-refractivity contribution < 1.29 is 23.8 Å². The molecule has 1 amide bonds. The molecule has 162 valence electrons. The van der Waals surface area contributed by atoms with Crippen LogP contribution in [0.5, 0.6) is 5.75 Å². The predicted octanol–water partition coefficient (Wildman–Crippen LogP) is 5.42. The third-order valence-corrected chi connectivity index (χ3v) is 5.68. The Hall–Kier alpha value is -3.64. The molecule has 1 unspecified atom stereocenters. The Labute approximate surface area is 189 Å². The fourth-order valence-electron chi connectivity index (χ4n) is 3.76. The van der Waals surface area contributed by atoms with Crippen LogP contribution in [0.4, 0.5) is 10.1 Å². The molecule has 0 aliphatic carbocycles. The van der Waals surface area contributed by atoms with Crippen molar-refractivity contribution in [3.63, 3.8) is 0 Å². The van der Waals surface area contributed by atoms with Gasteiger partial charge in [0.1, 0.15) is 17.3 Å². The zero-order chi connectivity index (χ0) is 23.0. The van der Waals surface area contributed by atoms with Gasteiger partial charge in [-0.15, -0.1) is 0 Å². The van der Waals surface area contributed by atoms with Gasteiger partial charge in [-0.05, 0) is 43.3 Å². The number of methoxy groups -OCH3 is 1. The summed E-state index contributed by atoms with van der Waals surface area (Å²) in [5.41, 5.74) is 1.45. The molecule has 1 heterocycles. The standard InChI is InChI=1S/C25H19ClFNO4/c1-14-7-10-16(11-8-14)28-22(17-5-3-4-6-19(17)27)21(24(30)25(28)31)23(29)15-9-12-20(32-2)18(26)13-15/h3-13,22,29H,1-2H3/b23-21+. The lowest BCUT2D eigenvalue weighted by Gasteiger charge is -2.26. The number of benzene rings is 3. The summed E-state index contributed by atoms with van der Waals surface area (Å²) >= 11 is 6.18. The number of amides is 1. The summed E-state index contributed by atoms with van der Waals surface area (Å²) < 4.78 is 20.0. The summed E-state index contributed by atoms with van der Waals surface area (Å²) in [7, 11) is 1.45. The van der Waals surface area contributed by atoms with Crippen LogP contribution in [-0.4, -0.2) is 23.9 Å². The number of anilines is 1. The number of Topliss-reactive ketones (excluding diaryl/α,β-unsaturated/α-hetero) is 1. The van der Waals surface area contributed by atoms with Gasteiger partial charge in [-0.25, -0.2) is 4.39 Å². The maximum atomic E-state index is 14.9. The number of hydrogen-bond acceptors (Lipinski definition) is 4. The topological polar surface area (TPSA) is 66.8 Å². The van der Waals surface area contributed by atoms with Gasteiger partial charge in [-0.3, -0.25) is 14.5 Å². The minimum atomic E-state index is -1.15. The van der Waals surface area contributed by atoms with E-state index < -0.39 is 29.3 Å². The van der Waals surface area contributed by atoms with E-state index in [9.17, 15) is 19.1 Å². The first-order valence-electron chi connectivity index (χ1n) is 9.79. The van der Waals surface area contributed by atoms with E-state index in [-0.39, 0.29) is 21.7 Å². The lowest BCUT2D eigenvalue weighted by atomic mass is 9.94. The molecule has 7 heteroatoms. The van der Waals surface area contributed by atoms with Crippen molar-refractivity contribution in [2.75, 3.05) is 12.0 Å². The zero-order valence-electron chi connectivity index (χ0n) is 17.3. The second-order valence-corrected chi connectivity index (χ2v) is 7.78. The molecule has 1 aliphatic heterocycles. The summed E-state index contributed by atoms with van der Waals surface area (Å²) in [4.78, 5) is 27.4. The molecule has 1 saturated heterocycles. The summed E-state index contributed by atoms with van der Waals surface area (Å²) in [6, 6.07) is 16.1. The lowest BCUT2D eigenvalue weighted by molar-refractivity contribution is -0.132. The Morgan fingerprint density at radius 3 is 2.38 bits per heavy atom. The highest BCUT2D eigenvalue weighted by atomic mass is 35.5. The number of carbonyl (C=O) groups is 2. The third-order valence-electron chi connectivity index (χ3n) is 5.38. The normalized spacial score (nSPS) is 17.6. The molecular formula is C25H19ClFNO4. The van der Waals surface area contributed by atoms with E-state index >= 15 is 0 Å². The molecule has 1 N–H and O–H groups in total. The molecule has 4 rings (SSSR count). The van der Waals surface area contributed by atoms with Gasteiger partial charge in [0, 0.05) is 16.8 Å². The molecular weight excluding hydrogens is 433 g/mol. The number of nitrogens with zero attached hydrogens (tertiary/aromatic N) is 1. The van der Waals surface area contributed by atoms with E-state index in [1.165, 1.54) is 48.4 Å². The van der Waals surface area contributed by atoms with Crippen LogP contribution in [-0.2, 0) is 9.59 Å². The van der Waals surface area contributed by atoms with E-state index in [0.717, 1.165) is 5.56 Å². The van der Waals surface area contributed by atoms with E-state index in [1.54, 1.807) is 30.3 Å². The summed E-state index contributed by atoms with van der Waals surface area (Å²) in [5.74, 6) is -2.44. The number of halogens is 2. The van der Waals surface area contributed by atoms with Crippen LogP contribution in [0.2, 0.25) is 5.02 Å². The van der Waals surface area contributed by atoms with E-state index in [1.807, 2.05) is 6.92 Å². The van der Waals surface area contributed by atoms with Crippen molar-refractivity contribution in [2.45, 2.75) is 13.0 Å². The molecule has 32 heavy (non-hydrogen) atoms. The molecule has 0 radical (unpaired) electrons. The van der Waals surface area contributed by atoms with Crippen LogP contribution < -0.4 is 9.64 Å². The van der Waals surface area contributed by atoms with Crippen molar-refractivity contribution in [1.29, 1.82) is 0 Å². The minimum absolute atomic E-state index is 0.0911. The van der Waals surface area contributed by atoms with Crippen molar-refractivity contribution in [1.82, 2.24) is 0 Å². The quantitative estimate of drug-likeness (QED) is 0.326. The first-order valence-corrected chi connectivity index (χ1v) is 10.2. The Bertz CT molecular complexity index is 1250. The lowest BCUT2D eigenvalue weighted by Crippen LogP contribution is -2.29. The predicted molar refractivity (Wildman–Crippen MR) is 120 cm³/mol. The summed E-state index contributed by atoms with van der Waals surface area (Å²) in [5, 5.41) is 11.3. The van der Waals surface area contributed by atoms with Gasteiger partial charge < -0.3 is 9.84 Å². The molecule has 1 atom stereocenters. The average Bonchev–Trinajstić information content (AvgIpc) is 3.04. The van der Waals surface area contributed by atoms with Gasteiger partial charge >= 0.3 is 0 Å². The number of ketones is 1. The number of ether oxygens (including phenoxy) is 1. The molecule has 0 bridgehead atoms. The Morgan fingerprint density at radius 1 is 1.06 bits per heavy atom. The highest BCUT2D eigenvalue weighted by Crippen LogP contribution is 2.43.